The zero-order valence-electron chi connectivity index (χ0n) is 12.1. The Morgan fingerprint density at radius 3 is 2.81 bits per heavy atom. The minimum Gasteiger partial charge on any atom is -0.469 e. The average molecular weight is 290 g/mol. The molecule has 1 amide bonds. The van der Waals surface area contributed by atoms with Gasteiger partial charge in [0.05, 0.1) is 19.0 Å². The Balaban J connectivity index is 2.16. The third kappa shape index (κ3) is 3.75. The fourth-order valence-electron chi connectivity index (χ4n) is 2.02. The van der Waals surface area contributed by atoms with Crippen molar-refractivity contribution in [1.29, 1.82) is 0 Å². The Bertz CT molecular complexity index is 648. The SMILES string of the molecule is CCNC(=O)Oc1ccc2ccn(CCC(=O)OC)c2c1. The van der Waals surface area contributed by atoms with Gasteiger partial charge in [-0.15, -0.1) is 0 Å². The zero-order valence-corrected chi connectivity index (χ0v) is 12.1. The van der Waals surface area contributed by atoms with E-state index in [0.29, 0.717) is 25.3 Å². The highest BCUT2D eigenvalue weighted by Gasteiger charge is 2.08. The fourth-order valence-corrected chi connectivity index (χ4v) is 2.02. The van der Waals surface area contributed by atoms with Crippen molar-refractivity contribution < 1.29 is 19.1 Å². The third-order valence-electron chi connectivity index (χ3n) is 3.06. The number of aryl methyl sites for hydroxylation is 1. The van der Waals surface area contributed by atoms with Gasteiger partial charge in [0.25, 0.3) is 0 Å². The number of hydrogen-bond donors (Lipinski definition) is 1. The van der Waals surface area contributed by atoms with Crippen molar-refractivity contribution in [3.8, 4) is 5.75 Å². The monoisotopic (exact) mass is 290 g/mol. The number of benzene rings is 1. The van der Waals surface area contributed by atoms with Crippen LogP contribution in [0.25, 0.3) is 10.9 Å². The maximum atomic E-state index is 11.4. The predicted molar refractivity (Wildman–Crippen MR) is 78.3 cm³/mol. The second-order valence-electron chi connectivity index (χ2n) is 4.48. The predicted octanol–water partition coefficient (Wildman–Crippen LogP) is 2.31. The molecule has 1 aromatic carbocycles. The van der Waals surface area contributed by atoms with E-state index in [1.54, 1.807) is 12.1 Å². The molecule has 112 valence electrons. The molecule has 0 spiro atoms. The van der Waals surface area contributed by atoms with E-state index < -0.39 is 6.09 Å². The lowest BCUT2D eigenvalue weighted by Gasteiger charge is -2.07. The summed E-state index contributed by atoms with van der Waals surface area (Å²) < 4.78 is 11.7. The van der Waals surface area contributed by atoms with Gasteiger partial charge in [0.15, 0.2) is 0 Å². The first-order valence-corrected chi connectivity index (χ1v) is 6.75. The van der Waals surface area contributed by atoms with Crippen LogP contribution in [0.1, 0.15) is 13.3 Å². The molecule has 2 rings (SSSR count). The zero-order chi connectivity index (χ0) is 15.2. The van der Waals surface area contributed by atoms with Gasteiger partial charge in [0.2, 0.25) is 0 Å². The summed E-state index contributed by atoms with van der Waals surface area (Å²) in [4.78, 5) is 22.6. The summed E-state index contributed by atoms with van der Waals surface area (Å²) in [7, 11) is 1.37. The van der Waals surface area contributed by atoms with Gasteiger partial charge in [0.1, 0.15) is 5.75 Å². The van der Waals surface area contributed by atoms with Crippen molar-refractivity contribution in [2.45, 2.75) is 19.9 Å². The molecule has 0 aliphatic rings. The number of ether oxygens (including phenoxy) is 2. The van der Waals surface area contributed by atoms with Crippen LogP contribution in [0.4, 0.5) is 4.79 Å². The van der Waals surface area contributed by atoms with Gasteiger partial charge >= 0.3 is 12.1 Å². The third-order valence-corrected chi connectivity index (χ3v) is 3.06. The average Bonchev–Trinajstić information content (AvgIpc) is 2.87. The van der Waals surface area contributed by atoms with Crippen LogP contribution in [0.2, 0.25) is 0 Å². The molecule has 1 heterocycles. The van der Waals surface area contributed by atoms with E-state index in [2.05, 4.69) is 10.1 Å². The summed E-state index contributed by atoms with van der Waals surface area (Å²) >= 11 is 0. The minimum absolute atomic E-state index is 0.258. The number of carbonyl (C=O) groups is 2. The second-order valence-corrected chi connectivity index (χ2v) is 4.48. The molecule has 0 saturated heterocycles. The van der Waals surface area contributed by atoms with E-state index in [1.807, 2.05) is 29.8 Å². The van der Waals surface area contributed by atoms with Gasteiger partial charge in [-0.25, -0.2) is 4.79 Å². The van der Waals surface area contributed by atoms with Crippen molar-refractivity contribution in [2.24, 2.45) is 0 Å². The van der Waals surface area contributed by atoms with Crippen molar-refractivity contribution in [1.82, 2.24) is 9.88 Å². The topological polar surface area (TPSA) is 69.6 Å². The summed E-state index contributed by atoms with van der Waals surface area (Å²) in [5.41, 5.74) is 0.903. The molecule has 0 unspecified atom stereocenters. The maximum absolute atomic E-state index is 11.4. The number of rotatable bonds is 5. The summed E-state index contributed by atoms with van der Waals surface area (Å²) in [6, 6.07) is 7.34. The van der Waals surface area contributed by atoms with Crippen LogP contribution in [0, 0.1) is 0 Å². The molecular weight excluding hydrogens is 272 g/mol. The highest BCUT2D eigenvalue weighted by atomic mass is 16.6. The number of methoxy groups -OCH3 is 1. The standard InChI is InChI=1S/C15H18N2O4/c1-3-16-15(19)21-12-5-4-11-6-8-17(13(11)10-12)9-7-14(18)20-2/h4-6,8,10H,3,7,9H2,1-2H3,(H,16,19). The number of hydrogen-bond acceptors (Lipinski definition) is 4. The van der Waals surface area contributed by atoms with Crippen LogP contribution in [0.15, 0.2) is 30.5 Å². The molecule has 2 aromatic rings. The Morgan fingerprint density at radius 2 is 2.10 bits per heavy atom. The lowest BCUT2D eigenvalue weighted by molar-refractivity contribution is -0.140. The first kappa shape index (κ1) is 14.9. The molecular formula is C15H18N2O4. The van der Waals surface area contributed by atoms with Gasteiger partial charge in [-0.3, -0.25) is 4.79 Å². The molecule has 0 aliphatic carbocycles. The van der Waals surface area contributed by atoms with Crippen LogP contribution >= 0.6 is 0 Å². The highest BCUT2D eigenvalue weighted by molar-refractivity contribution is 5.83. The van der Waals surface area contributed by atoms with Gasteiger partial charge in [-0.1, -0.05) is 0 Å². The van der Waals surface area contributed by atoms with E-state index in [0.717, 1.165) is 10.9 Å². The lowest BCUT2D eigenvalue weighted by Crippen LogP contribution is -2.26. The van der Waals surface area contributed by atoms with Gasteiger partial charge in [-0.05, 0) is 30.5 Å². The molecule has 0 aliphatic heterocycles. The molecule has 6 heteroatoms. The molecule has 21 heavy (non-hydrogen) atoms. The molecule has 0 saturated carbocycles. The first-order valence-electron chi connectivity index (χ1n) is 6.75. The van der Waals surface area contributed by atoms with Gasteiger partial charge in [-0.2, -0.15) is 0 Å². The summed E-state index contributed by atoms with van der Waals surface area (Å²) in [6.07, 6.45) is 1.70. The Kier molecular flexibility index (Phi) is 4.81. The molecule has 1 N–H and O–H groups in total. The molecule has 0 fully saturated rings. The first-order chi connectivity index (χ1) is 10.1. The molecule has 0 bridgehead atoms. The largest absolute Gasteiger partial charge is 0.469 e. The fraction of sp³-hybridized carbons (Fsp3) is 0.333. The van der Waals surface area contributed by atoms with Crippen molar-refractivity contribution in [3.63, 3.8) is 0 Å². The molecule has 6 nitrogen and oxygen atoms in total. The van der Waals surface area contributed by atoms with E-state index in [-0.39, 0.29) is 5.97 Å². The Labute approximate surface area is 122 Å². The number of carbonyl (C=O) groups excluding carboxylic acids is 2. The van der Waals surface area contributed by atoms with Crippen LogP contribution in [-0.2, 0) is 16.1 Å². The smallest absolute Gasteiger partial charge is 0.412 e. The number of nitrogens with one attached hydrogen (secondary N) is 1. The number of amides is 1. The quantitative estimate of drug-likeness (QED) is 0.858. The van der Waals surface area contributed by atoms with Crippen molar-refractivity contribution in [2.75, 3.05) is 13.7 Å². The maximum Gasteiger partial charge on any atom is 0.412 e. The van der Waals surface area contributed by atoms with Crippen LogP contribution in [0.3, 0.4) is 0 Å². The summed E-state index contributed by atoms with van der Waals surface area (Å²) in [6.45, 7) is 2.85. The van der Waals surface area contributed by atoms with Crippen LogP contribution in [-0.4, -0.2) is 30.3 Å². The van der Waals surface area contributed by atoms with E-state index in [1.165, 1.54) is 7.11 Å². The number of esters is 1. The van der Waals surface area contributed by atoms with Crippen LogP contribution in [0.5, 0.6) is 5.75 Å². The van der Waals surface area contributed by atoms with Gasteiger partial charge < -0.3 is 19.4 Å². The normalized spacial score (nSPS) is 10.4. The van der Waals surface area contributed by atoms with Crippen LogP contribution < -0.4 is 10.1 Å². The number of fused-ring (bicyclic) bond motifs is 1. The molecule has 0 radical (unpaired) electrons. The summed E-state index contributed by atoms with van der Waals surface area (Å²) in [5, 5.41) is 3.59. The highest BCUT2D eigenvalue weighted by Crippen LogP contribution is 2.22. The molecule has 0 atom stereocenters. The summed E-state index contributed by atoms with van der Waals surface area (Å²) in [5.74, 6) is 0.207. The number of nitrogens with zero attached hydrogens (tertiary/aromatic N) is 1. The van der Waals surface area contributed by atoms with Crippen molar-refractivity contribution >= 4 is 23.0 Å². The second kappa shape index (κ2) is 6.78. The van der Waals surface area contributed by atoms with E-state index in [9.17, 15) is 9.59 Å². The molecule has 1 aromatic heterocycles. The lowest BCUT2D eigenvalue weighted by atomic mass is 10.2. The van der Waals surface area contributed by atoms with E-state index in [4.69, 9.17) is 4.74 Å². The Hall–Kier alpha value is -2.50. The Morgan fingerprint density at radius 1 is 1.29 bits per heavy atom. The van der Waals surface area contributed by atoms with Gasteiger partial charge in [0, 0.05) is 25.4 Å². The van der Waals surface area contributed by atoms with E-state index >= 15 is 0 Å². The van der Waals surface area contributed by atoms with Crippen molar-refractivity contribution in [3.05, 3.63) is 30.5 Å². The minimum atomic E-state index is -0.482. The number of aromatic nitrogens is 1.